The number of ether oxygens (including phenoxy) is 2. The van der Waals surface area contributed by atoms with Crippen molar-refractivity contribution in [2.45, 2.75) is 51.8 Å². The fourth-order valence-corrected chi connectivity index (χ4v) is 5.12. The van der Waals surface area contributed by atoms with Gasteiger partial charge in [-0.1, -0.05) is 37.3 Å². The van der Waals surface area contributed by atoms with Crippen LogP contribution in [0.15, 0.2) is 78.9 Å². The largest absolute Gasteiger partial charge is 0.457 e. The van der Waals surface area contributed by atoms with E-state index in [2.05, 4.69) is 0 Å². The summed E-state index contributed by atoms with van der Waals surface area (Å²) in [6, 6.07) is 20.1. The Hall–Kier alpha value is -4.11. The lowest BCUT2D eigenvalue weighted by Crippen LogP contribution is -2.59. The predicted molar refractivity (Wildman–Crippen MR) is 164 cm³/mol. The second-order valence-electron chi connectivity index (χ2n) is 11.3. The second-order valence-corrected chi connectivity index (χ2v) is 11.5. The minimum atomic E-state index is -1.13. The number of hydrogen-bond acceptors (Lipinski definition) is 5. The zero-order valence-corrected chi connectivity index (χ0v) is 25.6. The maximum absolute atomic E-state index is 14.3. The van der Waals surface area contributed by atoms with Gasteiger partial charge in [-0.3, -0.25) is 14.5 Å². The van der Waals surface area contributed by atoms with Gasteiger partial charge in [0.15, 0.2) is 0 Å². The molecule has 1 aliphatic heterocycles. The maximum Gasteiger partial charge on any atom is 0.410 e. The number of piperazine rings is 1. The predicted octanol–water partition coefficient (Wildman–Crippen LogP) is 6.79. The number of carbonyl (C=O) groups is 3. The first-order chi connectivity index (χ1) is 20.5. The average Bonchev–Trinajstić information content (AvgIpc) is 2.99. The SMILES string of the molecule is CC[C@@H]1CN(C(=O)[C@@H](c2ccc(F)cc2)N(C(=O)CCl)c2ccc(Oc3ccccc3)cc2)CCN1C(=O)OC(C)(C)C. The fraction of sp³-hybridized carbons (Fsp3) is 0.364. The second kappa shape index (κ2) is 13.9. The molecule has 0 spiro atoms. The van der Waals surface area contributed by atoms with E-state index < -0.39 is 29.5 Å². The molecule has 1 heterocycles. The lowest BCUT2D eigenvalue weighted by Gasteiger charge is -2.43. The van der Waals surface area contributed by atoms with Crippen molar-refractivity contribution < 1.29 is 28.2 Å². The first kappa shape index (κ1) is 31.8. The molecule has 4 rings (SSSR count). The number of amides is 3. The van der Waals surface area contributed by atoms with Crippen molar-refractivity contribution in [3.63, 3.8) is 0 Å². The summed E-state index contributed by atoms with van der Waals surface area (Å²) in [6.07, 6.45) is 0.163. The smallest absolute Gasteiger partial charge is 0.410 e. The minimum absolute atomic E-state index is 0.235. The summed E-state index contributed by atoms with van der Waals surface area (Å²) in [5, 5.41) is 0. The summed E-state index contributed by atoms with van der Waals surface area (Å²) in [4.78, 5) is 45.3. The Morgan fingerprint density at radius 3 is 2.16 bits per heavy atom. The van der Waals surface area contributed by atoms with Gasteiger partial charge in [0.05, 0.1) is 6.04 Å². The lowest BCUT2D eigenvalue weighted by atomic mass is 10.0. The summed E-state index contributed by atoms with van der Waals surface area (Å²) in [7, 11) is 0. The van der Waals surface area contributed by atoms with Gasteiger partial charge in [-0.25, -0.2) is 9.18 Å². The van der Waals surface area contributed by atoms with Gasteiger partial charge in [-0.05, 0) is 81.3 Å². The van der Waals surface area contributed by atoms with E-state index >= 15 is 0 Å². The Morgan fingerprint density at radius 2 is 1.58 bits per heavy atom. The van der Waals surface area contributed by atoms with E-state index in [0.717, 1.165) is 0 Å². The minimum Gasteiger partial charge on any atom is -0.457 e. The van der Waals surface area contributed by atoms with Gasteiger partial charge in [0, 0.05) is 25.3 Å². The Bertz CT molecular complexity index is 1400. The first-order valence-electron chi connectivity index (χ1n) is 14.3. The summed E-state index contributed by atoms with van der Waals surface area (Å²) in [5.74, 6) is -0.514. The van der Waals surface area contributed by atoms with Gasteiger partial charge in [0.1, 0.15) is 34.8 Å². The van der Waals surface area contributed by atoms with Crippen LogP contribution in [0.1, 0.15) is 45.7 Å². The molecule has 3 aromatic carbocycles. The number of alkyl halides is 1. The van der Waals surface area contributed by atoms with Gasteiger partial charge >= 0.3 is 6.09 Å². The van der Waals surface area contributed by atoms with Gasteiger partial charge < -0.3 is 19.3 Å². The molecule has 3 aromatic rings. The van der Waals surface area contributed by atoms with E-state index in [0.29, 0.717) is 29.2 Å². The highest BCUT2D eigenvalue weighted by Gasteiger charge is 2.40. The third kappa shape index (κ3) is 8.04. The van der Waals surface area contributed by atoms with Gasteiger partial charge in [0.25, 0.3) is 5.91 Å². The standard InChI is InChI=1S/C33H37ClFN3O5/c1-5-25-22-36(19-20-37(25)32(41)43-33(2,3)4)31(40)30(23-11-13-24(35)14-12-23)38(29(39)21-34)26-15-17-28(18-16-26)42-27-9-7-6-8-10-27/h6-18,25,30H,5,19-22H2,1-4H3/t25-,30-/m1/s1. The van der Waals surface area contributed by atoms with Crippen LogP contribution in [0.2, 0.25) is 0 Å². The molecule has 0 radical (unpaired) electrons. The molecular formula is C33H37ClFN3O5. The van der Waals surface area contributed by atoms with E-state index in [4.69, 9.17) is 21.1 Å². The molecule has 8 nitrogen and oxygen atoms in total. The van der Waals surface area contributed by atoms with Crippen LogP contribution in [0.3, 0.4) is 0 Å². The molecule has 2 atom stereocenters. The Balaban J connectivity index is 1.65. The third-order valence-corrected chi connectivity index (χ3v) is 7.28. The lowest BCUT2D eigenvalue weighted by molar-refractivity contribution is -0.137. The highest BCUT2D eigenvalue weighted by Crippen LogP contribution is 2.33. The molecule has 3 amide bonds. The van der Waals surface area contributed by atoms with E-state index in [1.165, 1.54) is 29.2 Å². The number of para-hydroxylation sites is 1. The van der Waals surface area contributed by atoms with Gasteiger partial charge in [0.2, 0.25) is 5.91 Å². The molecule has 0 N–H and O–H groups in total. The van der Waals surface area contributed by atoms with Crippen molar-refractivity contribution in [3.8, 4) is 11.5 Å². The molecule has 0 aliphatic carbocycles. The number of anilines is 1. The van der Waals surface area contributed by atoms with E-state index in [1.54, 1.807) is 34.1 Å². The molecule has 0 saturated carbocycles. The van der Waals surface area contributed by atoms with Crippen LogP contribution in [-0.2, 0) is 14.3 Å². The number of rotatable bonds is 8. The van der Waals surface area contributed by atoms with Crippen LogP contribution in [0.4, 0.5) is 14.9 Å². The van der Waals surface area contributed by atoms with Gasteiger partial charge in [-0.15, -0.1) is 11.6 Å². The van der Waals surface area contributed by atoms with Crippen molar-refractivity contribution in [1.29, 1.82) is 0 Å². The van der Waals surface area contributed by atoms with Crippen molar-refractivity contribution in [2.24, 2.45) is 0 Å². The first-order valence-corrected chi connectivity index (χ1v) is 14.8. The normalized spacial score (nSPS) is 15.9. The number of hydrogen-bond donors (Lipinski definition) is 0. The van der Waals surface area contributed by atoms with Crippen LogP contribution in [0.25, 0.3) is 0 Å². The Morgan fingerprint density at radius 1 is 0.953 bits per heavy atom. The maximum atomic E-state index is 14.3. The summed E-state index contributed by atoms with van der Waals surface area (Å²) in [6.45, 7) is 8.11. The van der Waals surface area contributed by atoms with Crippen molar-refractivity contribution in [2.75, 3.05) is 30.4 Å². The Labute approximate surface area is 256 Å². The molecule has 0 unspecified atom stereocenters. The highest BCUT2D eigenvalue weighted by molar-refractivity contribution is 6.29. The van der Waals surface area contributed by atoms with Crippen molar-refractivity contribution in [3.05, 3.63) is 90.2 Å². The molecule has 10 heteroatoms. The van der Waals surface area contributed by atoms with Crippen LogP contribution < -0.4 is 9.64 Å². The van der Waals surface area contributed by atoms with Gasteiger partial charge in [-0.2, -0.15) is 0 Å². The zero-order chi connectivity index (χ0) is 31.1. The molecule has 43 heavy (non-hydrogen) atoms. The Kier molecular flexibility index (Phi) is 10.3. The van der Waals surface area contributed by atoms with Crippen molar-refractivity contribution in [1.82, 2.24) is 9.80 Å². The molecule has 1 fully saturated rings. The van der Waals surface area contributed by atoms with Crippen LogP contribution in [0.5, 0.6) is 11.5 Å². The van der Waals surface area contributed by atoms with E-state index in [-0.39, 0.29) is 37.5 Å². The summed E-state index contributed by atoms with van der Waals surface area (Å²) in [5.41, 5.74) is 0.199. The quantitative estimate of drug-likeness (QED) is 0.263. The highest BCUT2D eigenvalue weighted by atomic mass is 35.5. The molecule has 0 bridgehead atoms. The molecule has 228 valence electrons. The average molecular weight is 610 g/mol. The van der Waals surface area contributed by atoms with E-state index in [1.807, 2.05) is 58.0 Å². The fourth-order valence-electron chi connectivity index (χ4n) is 4.99. The summed E-state index contributed by atoms with van der Waals surface area (Å²) >= 11 is 6.08. The van der Waals surface area contributed by atoms with Crippen LogP contribution >= 0.6 is 11.6 Å². The van der Waals surface area contributed by atoms with Crippen molar-refractivity contribution >= 4 is 35.2 Å². The third-order valence-electron chi connectivity index (χ3n) is 7.05. The van der Waals surface area contributed by atoms with Crippen LogP contribution in [-0.4, -0.2) is 64.9 Å². The topological polar surface area (TPSA) is 79.4 Å². The van der Waals surface area contributed by atoms with Crippen LogP contribution in [0, 0.1) is 5.82 Å². The summed E-state index contributed by atoms with van der Waals surface area (Å²) < 4.78 is 25.4. The monoisotopic (exact) mass is 609 g/mol. The number of benzene rings is 3. The number of halogens is 2. The molecular weight excluding hydrogens is 573 g/mol. The molecule has 0 aromatic heterocycles. The van der Waals surface area contributed by atoms with E-state index in [9.17, 15) is 18.8 Å². The number of carbonyl (C=O) groups excluding carboxylic acids is 3. The molecule has 1 aliphatic rings. The number of nitrogens with zero attached hydrogens (tertiary/aromatic N) is 3. The zero-order valence-electron chi connectivity index (χ0n) is 24.8. The molecule has 1 saturated heterocycles.